The van der Waals surface area contributed by atoms with E-state index in [2.05, 4.69) is 33.1 Å². The molecule has 0 aromatic heterocycles. The van der Waals surface area contributed by atoms with Crippen LogP contribution >= 0.6 is 0 Å². The minimum absolute atomic E-state index is 0.0354. The number of rotatable bonds is 5. The summed E-state index contributed by atoms with van der Waals surface area (Å²) in [6.45, 7) is 0. The normalized spacial score (nSPS) is 9.83. The Morgan fingerprint density at radius 3 is 1.51 bits per heavy atom. The molecule has 3 aromatic rings. The van der Waals surface area contributed by atoms with Gasteiger partial charge < -0.3 is 26.4 Å². The van der Waals surface area contributed by atoms with Crippen molar-refractivity contribution in [1.29, 1.82) is 0 Å². The number of hydrogen-bond acceptors (Lipinski definition) is 3. The second-order valence-corrected chi connectivity index (χ2v) is 6.89. The van der Waals surface area contributed by atoms with Crippen molar-refractivity contribution in [1.82, 2.24) is 0 Å². The van der Waals surface area contributed by atoms with Crippen molar-refractivity contribution >= 4 is 40.8 Å². The molecule has 0 spiro atoms. The molecule has 4 amide bonds. The van der Waals surface area contributed by atoms with Crippen molar-refractivity contribution < 1.29 is 28.3 Å². The molecule has 0 bridgehead atoms. The molecule has 174 valence electrons. The Morgan fingerprint density at radius 1 is 0.714 bits per heavy atom. The topological polar surface area (TPSA) is 120 Å². The van der Waals surface area contributed by atoms with Crippen LogP contribution in [-0.4, -0.2) is 23.1 Å². The summed E-state index contributed by atoms with van der Waals surface area (Å²) in [5.41, 5.74) is -0.852. The maximum absolute atomic E-state index is 14.2. The molecule has 0 heterocycles. The Balaban J connectivity index is 1.78. The maximum atomic E-state index is 14.2. The molecule has 3 rings (SSSR count). The zero-order valence-corrected chi connectivity index (χ0v) is 17.8. The number of benzene rings is 3. The van der Waals surface area contributed by atoms with Crippen LogP contribution in [0.2, 0.25) is 0 Å². The Bertz CT molecular complexity index is 1330. The molecule has 3 aromatic carbocycles. The first kappa shape index (κ1) is 24.3. The van der Waals surface area contributed by atoms with Gasteiger partial charge in [-0.3, -0.25) is 0 Å². The van der Waals surface area contributed by atoms with Crippen LogP contribution in [0.5, 0.6) is 0 Å². The van der Waals surface area contributed by atoms with Crippen molar-refractivity contribution in [2.45, 2.75) is 0 Å². The first-order valence-corrected chi connectivity index (χ1v) is 9.76. The van der Waals surface area contributed by atoms with E-state index in [4.69, 9.17) is 12.8 Å². The maximum Gasteiger partial charge on any atom is 0.335 e. The third kappa shape index (κ3) is 5.92. The van der Waals surface area contributed by atoms with E-state index in [1.54, 1.807) is 0 Å². The molecule has 0 unspecified atom stereocenters. The number of carboxylic acids is 1. The van der Waals surface area contributed by atoms with Gasteiger partial charge in [-0.25, -0.2) is 23.2 Å². The van der Waals surface area contributed by atoms with E-state index in [9.17, 15) is 28.3 Å². The molecule has 0 atom stereocenters. The number of carboxylic acid groups (broad SMARTS) is 1. The Labute approximate surface area is 198 Å². The number of carbonyl (C=O) groups excluding carboxylic acids is 2. The average molecular weight is 474 g/mol. The lowest BCUT2D eigenvalue weighted by molar-refractivity contribution is 0.0697. The van der Waals surface area contributed by atoms with Crippen LogP contribution in [-0.2, 0) is 0 Å². The van der Waals surface area contributed by atoms with Gasteiger partial charge in [-0.05, 0) is 42.5 Å². The number of amides is 4. The van der Waals surface area contributed by atoms with Gasteiger partial charge in [0.05, 0.1) is 28.1 Å². The fourth-order valence-electron chi connectivity index (χ4n) is 2.94. The summed E-state index contributed by atoms with van der Waals surface area (Å²) in [6, 6.07) is 9.86. The lowest BCUT2D eigenvalue weighted by atomic mass is 10.1. The smallest absolute Gasteiger partial charge is 0.335 e. The molecule has 0 radical (unpaired) electrons. The van der Waals surface area contributed by atoms with Crippen molar-refractivity contribution in [3.8, 4) is 24.7 Å². The standard InChI is InChI=1S/C25H16F2N4O4/c1-3-14-7-5-9-19(21(14)26)30-24(34)28-17-11-16(23(32)33)12-18(13-17)29-25(35)31-20-10-6-8-15(4-2)22(20)27/h1-2,5-13H,(H,32,33)(H2,28,30,34)(H2,29,31,35). The van der Waals surface area contributed by atoms with Crippen LogP contribution < -0.4 is 21.3 Å². The molecule has 0 aliphatic rings. The van der Waals surface area contributed by atoms with Crippen LogP contribution in [0.15, 0.2) is 54.6 Å². The second-order valence-electron chi connectivity index (χ2n) is 6.89. The predicted molar refractivity (Wildman–Crippen MR) is 127 cm³/mol. The Morgan fingerprint density at radius 2 is 1.14 bits per heavy atom. The van der Waals surface area contributed by atoms with E-state index in [1.807, 2.05) is 0 Å². The monoisotopic (exact) mass is 474 g/mol. The number of carbonyl (C=O) groups is 3. The molecule has 5 N–H and O–H groups in total. The molecule has 0 fully saturated rings. The molecule has 0 saturated heterocycles. The minimum Gasteiger partial charge on any atom is -0.478 e. The number of hydrogen-bond donors (Lipinski definition) is 5. The van der Waals surface area contributed by atoms with Crippen LogP contribution in [0.1, 0.15) is 21.5 Å². The molecule has 8 nitrogen and oxygen atoms in total. The SMILES string of the molecule is C#Cc1cccc(NC(=O)Nc2cc(NC(=O)Nc3cccc(C#C)c3F)cc(C(=O)O)c2)c1F. The zero-order chi connectivity index (χ0) is 25.5. The third-order valence-corrected chi connectivity index (χ3v) is 4.50. The predicted octanol–water partition coefficient (Wildman–Crippen LogP) is 4.91. The molecule has 35 heavy (non-hydrogen) atoms. The molecular weight excluding hydrogens is 458 g/mol. The van der Waals surface area contributed by atoms with Crippen molar-refractivity contribution in [2.75, 3.05) is 21.3 Å². The molecule has 0 aliphatic carbocycles. The number of terminal acetylenes is 2. The molecule has 0 aliphatic heterocycles. The highest BCUT2D eigenvalue weighted by Crippen LogP contribution is 2.22. The average Bonchev–Trinajstić information content (AvgIpc) is 2.81. The van der Waals surface area contributed by atoms with Gasteiger partial charge in [-0.15, -0.1) is 12.8 Å². The fourth-order valence-corrected chi connectivity index (χ4v) is 2.94. The van der Waals surface area contributed by atoms with Gasteiger partial charge in [0.15, 0.2) is 11.6 Å². The Kier molecular flexibility index (Phi) is 7.30. The molecular formula is C25H16F2N4O4. The zero-order valence-electron chi connectivity index (χ0n) is 17.8. The van der Waals surface area contributed by atoms with Crippen LogP contribution in [0.25, 0.3) is 0 Å². The number of nitrogens with one attached hydrogen (secondary N) is 4. The number of anilines is 4. The first-order valence-electron chi connectivity index (χ1n) is 9.76. The lowest BCUT2D eigenvalue weighted by Gasteiger charge is -2.13. The molecule has 0 saturated carbocycles. The summed E-state index contributed by atoms with van der Waals surface area (Å²) in [5.74, 6) is 1.30. The summed E-state index contributed by atoms with van der Waals surface area (Å²) in [6.07, 6.45) is 10.4. The van der Waals surface area contributed by atoms with Gasteiger partial charge in [0, 0.05) is 11.4 Å². The van der Waals surface area contributed by atoms with E-state index in [-0.39, 0.29) is 39.4 Å². The summed E-state index contributed by atoms with van der Waals surface area (Å²) in [4.78, 5) is 36.2. The van der Waals surface area contributed by atoms with E-state index < -0.39 is 29.7 Å². The van der Waals surface area contributed by atoms with Crippen LogP contribution in [0.4, 0.5) is 41.1 Å². The first-order chi connectivity index (χ1) is 16.7. The van der Waals surface area contributed by atoms with Crippen LogP contribution in [0.3, 0.4) is 0 Å². The fraction of sp³-hybridized carbons (Fsp3) is 0. The highest BCUT2D eigenvalue weighted by Gasteiger charge is 2.15. The summed E-state index contributed by atoms with van der Waals surface area (Å²) in [7, 11) is 0. The minimum atomic E-state index is -1.35. The lowest BCUT2D eigenvalue weighted by Crippen LogP contribution is -2.22. The van der Waals surface area contributed by atoms with Crippen molar-refractivity contribution in [3.63, 3.8) is 0 Å². The summed E-state index contributed by atoms with van der Waals surface area (Å²) in [5, 5.41) is 18.6. The van der Waals surface area contributed by atoms with Gasteiger partial charge in [0.25, 0.3) is 0 Å². The van der Waals surface area contributed by atoms with E-state index in [1.165, 1.54) is 42.5 Å². The second kappa shape index (κ2) is 10.5. The largest absolute Gasteiger partial charge is 0.478 e. The third-order valence-electron chi connectivity index (χ3n) is 4.50. The van der Waals surface area contributed by atoms with Gasteiger partial charge in [0.2, 0.25) is 0 Å². The highest BCUT2D eigenvalue weighted by atomic mass is 19.1. The quantitative estimate of drug-likeness (QED) is 0.338. The van der Waals surface area contributed by atoms with E-state index >= 15 is 0 Å². The van der Waals surface area contributed by atoms with Crippen LogP contribution in [0, 0.1) is 36.3 Å². The number of halogens is 2. The van der Waals surface area contributed by atoms with Gasteiger partial charge in [-0.2, -0.15) is 0 Å². The van der Waals surface area contributed by atoms with Gasteiger partial charge >= 0.3 is 18.0 Å². The van der Waals surface area contributed by atoms with Gasteiger partial charge in [-0.1, -0.05) is 24.0 Å². The van der Waals surface area contributed by atoms with E-state index in [0.717, 1.165) is 12.1 Å². The van der Waals surface area contributed by atoms with Crippen molar-refractivity contribution in [3.05, 3.63) is 82.9 Å². The van der Waals surface area contributed by atoms with Crippen molar-refractivity contribution in [2.24, 2.45) is 0 Å². The number of urea groups is 2. The Hall–Kier alpha value is -5.35. The van der Waals surface area contributed by atoms with Gasteiger partial charge in [0.1, 0.15) is 0 Å². The van der Waals surface area contributed by atoms with E-state index in [0.29, 0.717) is 0 Å². The summed E-state index contributed by atoms with van der Waals surface area (Å²) < 4.78 is 28.5. The molecule has 10 heteroatoms. The highest BCUT2D eigenvalue weighted by molar-refractivity contribution is 6.04. The summed E-state index contributed by atoms with van der Waals surface area (Å²) >= 11 is 0. The number of aromatic carboxylic acids is 1.